The van der Waals surface area contributed by atoms with E-state index >= 15 is 0 Å². The second-order valence-electron chi connectivity index (χ2n) is 8.36. The summed E-state index contributed by atoms with van der Waals surface area (Å²) in [5, 5.41) is 48.6. The van der Waals surface area contributed by atoms with E-state index in [9.17, 15) is 59.6 Å². The van der Waals surface area contributed by atoms with E-state index in [1.807, 2.05) is 0 Å². The number of carbonyl (C=O) groups is 4. The molecule has 45 heavy (non-hydrogen) atoms. The molecule has 0 bridgehead atoms. The van der Waals surface area contributed by atoms with E-state index in [2.05, 4.69) is 10.6 Å². The Bertz CT molecular complexity index is 1600. The smallest absolute Gasteiger partial charge is 0.342 e. The summed E-state index contributed by atoms with van der Waals surface area (Å²) in [6.07, 6.45) is 0. The average Bonchev–Trinajstić information content (AvgIpc) is 3.33. The molecule has 234 valence electrons. The molecule has 0 spiro atoms. The number of nitro benzene ring substituents is 4. The van der Waals surface area contributed by atoms with Gasteiger partial charge >= 0.3 is 11.9 Å². The lowest BCUT2D eigenvalue weighted by Crippen LogP contribution is -2.19. The summed E-state index contributed by atoms with van der Waals surface area (Å²) in [5.41, 5.74) is -5.70. The van der Waals surface area contributed by atoms with E-state index in [4.69, 9.17) is 9.47 Å². The maximum absolute atomic E-state index is 13.1. The third kappa shape index (κ3) is 7.53. The van der Waals surface area contributed by atoms with Gasteiger partial charge in [0.15, 0.2) is 0 Å². The first-order chi connectivity index (χ1) is 21.2. The van der Waals surface area contributed by atoms with Gasteiger partial charge in [0, 0.05) is 24.3 Å². The number of hydrogen-bond acceptors (Lipinski definition) is 15. The summed E-state index contributed by atoms with van der Waals surface area (Å²) in [6, 6.07) is 4.07. The maximum atomic E-state index is 13.1. The molecule has 0 atom stereocenters. The molecule has 0 radical (unpaired) electrons. The van der Waals surface area contributed by atoms with Crippen molar-refractivity contribution in [1.82, 2.24) is 0 Å². The zero-order valence-electron chi connectivity index (χ0n) is 22.8. The molecule has 0 aliphatic carbocycles. The number of benzene rings is 2. The van der Waals surface area contributed by atoms with Gasteiger partial charge in [-0.1, -0.05) is 11.3 Å². The van der Waals surface area contributed by atoms with Crippen molar-refractivity contribution in [3.05, 3.63) is 99.1 Å². The first-order valence-corrected chi connectivity index (χ1v) is 13.0. The van der Waals surface area contributed by atoms with E-state index in [1.54, 1.807) is 0 Å². The summed E-state index contributed by atoms with van der Waals surface area (Å²) in [7, 11) is 0. The van der Waals surface area contributed by atoms with E-state index < -0.39 is 98.5 Å². The summed E-state index contributed by atoms with van der Waals surface area (Å²) < 4.78 is 9.96. The van der Waals surface area contributed by atoms with Crippen LogP contribution in [0.1, 0.15) is 55.3 Å². The van der Waals surface area contributed by atoms with Crippen LogP contribution >= 0.6 is 11.3 Å². The van der Waals surface area contributed by atoms with Crippen LogP contribution < -0.4 is 10.6 Å². The lowest BCUT2D eigenvalue weighted by atomic mass is 10.1. The second-order valence-corrected chi connectivity index (χ2v) is 9.38. The number of rotatable bonds is 12. The van der Waals surface area contributed by atoms with Gasteiger partial charge in [-0.05, 0) is 13.8 Å². The minimum atomic E-state index is -1.21. The molecule has 0 unspecified atom stereocenters. The van der Waals surface area contributed by atoms with Gasteiger partial charge < -0.3 is 20.1 Å². The Balaban J connectivity index is 2.18. The Kier molecular flexibility index (Phi) is 10.1. The van der Waals surface area contributed by atoms with Crippen LogP contribution in [0.4, 0.5) is 32.8 Å². The molecule has 2 amide bonds. The van der Waals surface area contributed by atoms with Gasteiger partial charge in [0.1, 0.15) is 21.1 Å². The largest absolute Gasteiger partial charge is 0.462 e. The van der Waals surface area contributed by atoms with Gasteiger partial charge in [-0.15, -0.1) is 0 Å². The fraction of sp³-hybridized carbons (Fsp3) is 0.167. The van der Waals surface area contributed by atoms with Crippen LogP contribution in [0.5, 0.6) is 0 Å². The predicted molar refractivity (Wildman–Crippen MR) is 152 cm³/mol. The topological polar surface area (TPSA) is 283 Å². The van der Waals surface area contributed by atoms with Crippen molar-refractivity contribution in [3.63, 3.8) is 0 Å². The minimum Gasteiger partial charge on any atom is -0.462 e. The third-order valence-corrected chi connectivity index (χ3v) is 6.51. The first-order valence-electron chi connectivity index (χ1n) is 12.2. The lowest BCUT2D eigenvalue weighted by molar-refractivity contribution is -0.394. The molecule has 0 fully saturated rings. The highest BCUT2D eigenvalue weighted by Gasteiger charge is 2.33. The maximum Gasteiger partial charge on any atom is 0.342 e. The summed E-state index contributed by atoms with van der Waals surface area (Å²) in [4.78, 5) is 93.4. The third-order valence-electron chi connectivity index (χ3n) is 5.49. The second kappa shape index (κ2) is 13.7. The molecule has 20 nitrogen and oxygen atoms in total. The van der Waals surface area contributed by atoms with Gasteiger partial charge in [0.2, 0.25) is 0 Å². The monoisotopic (exact) mass is 646 g/mol. The zero-order chi connectivity index (χ0) is 33.6. The molecule has 21 heteroatoms. The number of hydrogen-bond donors (Lipinski definition) is 2. The Labute approximate surface area is 253 Å². The van der Waals surface area contributed by atoms with Gasteiger partial charge in [-0.25, -0.2) is 9.59 Å². The highest BCUT2D eigenvalue weighted by molar-refractivity contribution is 7.21. The average molecular weight is 647 g/mol. The van der Waals surface area contributed by atoms with Crippen LogP contribution in [-0.4, -0.2) is 56.7 Å². The Hall–Kier alpha value is -6.38. The van der Waals surface area contributed by atoms with Crippen LogP contribution in [0.25, 0.3) is 0 Å². The number of nitrogens with zero attached hydrogens (tertiary/aromatic N) is 4. The summed E-state index contributed by atoms with van der Waals surface area (Å²) in [6.45, 7) is 2.35. The number of esters is 2. The van der Waals surface area contributed by atoms with Gasteiger partial charge in [0.05, 0.1) is 56.2 Å². The molecular weight excluding hydrogens is 628 g/mol. The van der Waals surface area contributed by atoms with Crippen molar-refractivity contribution in [3.8, 4) is 0 Å². The van der Waals surface area contributed by atoms with E-state index in [0.717, 1.165) is 0 Å². The Morgan fingerprint density at radius 3 is 1.13 bits per heavy atom. The predicted octanol–water partition coefficient (Wildman–Crippen LogP) is 4.24. The van der Waals surface area contributed by atoms with Crippen LogP contribution in [-0.2, 0) is 9.47 Å². The van der Waals surface area contributed by atoms with Crippen molar-refractivity contribution in [1.29, 1.82) is 0 Å². The minimum absolute atomic E-state index is 0.236. The number of carbonyl (C=O) groups excluding carboxylic acids is 4. The van der Waals surface area contributed by atoms with E-state index in [-0.39, 0.29) is 13.2 Å². The van der Waals surface area contributed by atoms with E-state index in [0.29, 0.717) is 47.7 Å². The van der Waals surface area contributed by atoms with Gasteiger partial charge in [-0.2, -0.15) is 0 Å². The number of thiophene rings is 1. The van der Waals surface area contributed by atoms with Crippen molar-refractivity contribution >= 4 is 67.8 Å². The van der Waals surface area contributed by atoms with E-state index in [1.165, 1.54) is 13.8 Å². The number of nitrogens with one attached hydrogen (secondary N) is 2. The Morgan fingerprint density at radius 1 is 0.600 bits per heavy atom. The van der Waals surface area contributed by atoms with Crippen molar-refractivity contribution in [2.24, 2.45) is 0 Å². The molecule has 0 saturated carbocycles. The summed E-state index contributed by atoms with van der Waals surface area (Å²) >= 11 is 0.381. The quantitative estimate of drug-likeness (QED) is 0.158. The molecule has 3 rings (SSSR count). The van der Waals surface area contributed by atoms with Crippen molar-refractivity contribution < 1.29 is 48.3 Å². The SMILES string of the molecule is CCOC(=O)c1c(NC(=O)c2cc([N+](=O)[O-])cc([N+](=O)[O-])c2)sc(NC(=O)c2cc([N+](=O)[O-])cc([N+](=O)[O-])c2)c1C(=O)OCC. The summed E-state index contributed by atoms with van der Waals surface area (Å²) in [5.74, 6) is -4.83. The standard InChI is InChI=1S/C24H18N6O14S/c1-3-43-23(33)17-18(24(34)44-4-2)22(26-20(32)12-7-15(29(39)40)10-16(8-12)30(41)42)45-21(17)25-19(31)11-5-13(27(35)36)9-14(6-11)28(37)38/h5-10H,3-4H2,1-2H3,(H,25,31)(H,26,32). The first kappa shape index (κ1) is 33.1. The lowest BCUT2D eigenvalue weighted by Gasteiger charge is -2.09. The molecule has 3 aromatic rings. The van der Waals surface area contributed by atoms with Gasteiger partial charge in [-0.3, -0.25) is 50.0 Å². The van der Waals surface area contributed by atoms with Crippen LogP contribution in [0.2, 0.25) is 0 Å². The number of anilines is 2. The molecule has 1 aromatic heterocycles. The number of amides is 2. The fourth-order valence-corrected chi connectivity index (χ4v) is 4.69. The zero-order valence-corrected chi connectivity index (χ0v) is 23.6. The Morgan fingerprint density at radius 2 is 0.889 bits per heavy atom. The van der Waals surface area contributed by atoms with Gasteiger partial charge in [0.25, 0.3) is 34.6 Å². The fourth-order valence-electron chi connectivity index (χ4n) is 3.63. The molecular formula is C24H18N6O14S. The van der Waals surface area contributed by atoms with Crippen molar-refractivity contribution in [2.45, 2.75) is 13.8 Å². The van der Waals surface area contributed by atoms with Crippen LogP contribution in [0.15, 0.2) is 36.4 Å². The number of nitro groups is 4. The number of non-ortho nitro benzene ring substituents is 4. The van der Waals surface area contributed by atoms with Crippen LogP contribution in [0, 0.1) is 40.5 Å². The molecule has 0 aliphatic rings. The molecule has 2 aromatic carbocycles. The molecule has 2 N–H and O–H groups in total. The normalized spacial score (nSPS) is 10.4. The van der Waals surface area contributed by atoms with Crippen LogP contribution in [0.3, 0.4) is 0 Å². The molecule has 0 saturated heterocycles. The number of ether oxygens (including phenoxy) is 2. The molecule has 0 aliphatic heterocycles. The molecule has 1 heterocycles. The highest BCUT2D eigenvalue weighted by Crippen LogP contribution is 2.40. The highest BCUT2D eigenvalue weighted by atomic mass is 32.1. The van der Waals surface area contributed by atoms with Crippen molar-refractivity contribution in [2.75, 3.05) is 23.8 Å².